The van der Waals surface area contributed by atoms with Crippen LogP contribution in [0.4, 0.5) is 0 Å². The van der Waals surface area contributed by atoms with E-state index in [0.717, 1.165) is 22.4 Å². The summed E-state index contributed by atoms with van der Waals surface area (Å²) in [5.74, 6) is 0.591. The van der Waals surface area contributed by atoms with Gasteiger partial charge in [-0.2, -0.15) is 0 Å². The largest absolute Gasteiger partial charge is 0.497 e. The molecule has 7 nitrogen and oxygen atoms in total. The lowest BCUT2D eigenvalue weighted by atomic mass is 10.1. The van der Waals surface area contributed by atoms with Gasteiger partial charge in [-0.25, -0.2) is 0 Å². The third-order valence-electron chi connectivity index (χ3n) is 6.39. The molecular weight excluding hydrogens is 442 g/mol. The van der Waals surface area contributed by atoms with Gasteiger partial charge in [0.1, 0.15) is 11.3 Å². The summed E-state index contributed by atoms with van der Waals surface area (Å²) in [4.78, 5) is 42.3. The lowest BCUT2D eigenvalue weighted by molar-refractivity contribution is -0.132. The van der Waals surface area contributed by atoms with E-state index in [4.69, 9.17) is 4.74 Å². The third kappa shape index (κ3) is 5.98. The molecule has 2 heterocycles. The summed E-state index contributed by atoms with van der Waals surface area (Å²) in [6.45, 7) is 4.20. The van der Waals surface area contributed by atoms with Crippen molar-refractivity contribution in [1.82, 2.24) is 14.4 Å². The van der Waals surface area contributed by atoms with Crippen molar-refractivity contribution in [3.8, 4) is 5.75 Å². The van der Waals surface area contributed by atoms with Gasteiger partial charge in [-0.3, -0.25) is 14.4 Å². The Morgan fingerprint density at radius 1 is 0.886 bits per heavy atom. The van der Waals surface area contributed by atoms with Crippen LogP contribution in [0.15, 0.2) is 71.7 Å². The first-order valence-electron chi connectivity index (χ1n) is 11.9. The Kier molecular flexibility index (Phi) is 7.65. The number of methoxy groups -OCH3 is 1. The number of rotatable bonds is 7. The van der Waals surface area contributed by atoms with Crippen molar-refractivity contribution in [3.05, 3.63) is 99.5 Å². The van der Waals surface area contributed by atoms with Crippen molar-refractivity contribution < 1.29 is 14.3 Å². The molecule has 0 atom stereocenters. The number of piperazine rings is 1. The molecule has 0 unspecified atom stereocenters. The number of aromatic nitrogens is 1. The van der Waals surface area contributed by atoms with Gasteiger partial charge < -0.3 is 19.1 Å². The zero-order valence-electron chi connectivity index (χ0n) is 20.3. The summed E-state index contributed by atoms with van der Waals surface area (Å²) in [6.07, 6.45) is 2.79. The van der Waals surface area contributed by atoms with Gasteiger partial charge in [-0.05, 0) is 48.7 Å². The molecule has 1 aliphatic rings. The monoisotopic (exact) mass is 473 g/mol. The Bertz CT molecular complexity index is 1240. The Morgan fingerprint density at radius 3 is 2.29 bits per heavy atom. The summed E-state index contributed by atoms with van der Waals surface area (Å²) >= 11 is 0. The number of aryl methyl sites for hydroxylation is 2. The third-order valence-corrected chi connectivity index (χ3v) is 6.39. The van der Waals surface area contributed by atoms with E-state index in [9.17, 15) is 14.4 Å². The average molecular weight is 474 g/mol. The summed E-state index contributed by atoms with van der Waals surface area (Å²) in [6, 6.07) is 19.0. The number of carbonyl (C=O) groups is 2. The lowest BCUT2D eigenvalue weighted by Gasteiger charge is -2.34. The molecule has 4 rings (SSSR count). The lowest BCUT2D eigenvalue weighted by Crippen LogP contribution is -2.51. The second-order valence-corrected chi connectivity index (χ2v) is 8.87. The molecule has 35 heavy (non-hydrogen) atoms. The summed E-state index contributed by atoms with van der Waals surface area (Å²) in [5.41, 5.74) is 3.09. The van der Waals surface area contributed by atoms with Crippen LogP contribution in [-0.4, -0.2) is 59.5 Å². The molecule has 1 saturated heterocycles. The second-order valence-electron chi connectivity index (χ2n) is 8.87. The molecule has 2 amide bonds. The molecule has 0 aliphatic carbocycles. The first-order valence-corrected chi connectivity index (χ1v) is 11.9. The molecule has 2 aromatic carbocycles. The molecule has 1 aliphatic heterocycles. The van der Waals surface area contributed by atoms with E-state index in [1.165, 1.54) is 0 Å². The Balaban J connectivity index is 1.33. The van der Waals surface area contributed by atoms with Crippen molar-refractivity contribution in [1.29, 1.82) is 0 Å². The minimum Gasteiger partial charge on any atom is -0.497 e. The van der Waals surface area contributed by atoms with Gasteiger partial charge in [-0.15, -0.1) is 0 Å². The van der Waals surface area contributed by atoms with E-state index in [-0.39, 0.29) is 22.9 Å². The summed E-state index contributed by atoms with van der Waals surface area (Å²) in [7, 11) is 1.63. The second kappa shape index (κ2) is 11.0. The van der Waals surface area contributed by atoms with Gasteiger partial charge in [0.25, 0.3) is 11.5 Å². The fraction of sp³-hybridized carbons (Fsp3) is 0.321. The number of hydrogen-bond donors (Lipinski definition) is 0. The van der Waals surface area contributed by atoms with Gasteiger partial charge in [0.15, 0.2) is 0 Å². The van der Waals surface area contributed by atoms with Gasteiger partial charge in [0.05, 0.1) is 13.7 Å². The highest BCUT2D eigenvalue weighted by molar-refractivity contribution is 5.94. The molecule has 3 aromatic rings. The molecule has 0 bridgehead atoms. The van der Waals surface area contributed by atoms with Gasteiger partial charge in [-0.1, -0.05) is 42.0 Å². The van der Waals surface area contributed by atoms with E-state index in [1.807, 2.05) is 55.5 Å². The molecule has 0 saturated carbocycles. The maximum atomic E-state index is 13.1. The molecular formula is C28H31N3O4. The van der Waals surface area contributed by atoms with Crippen LogP contribution in [0.25, 0.3) is 0 Å². The highest BCUT2D eigenvalue weighted by Crippen LogP contribution is 2.14. The van der Waals surface area contributed by atoms with Crippen molar-refractivity contribution in [2.45, 2.75) is 26.3 Å². The van der Waals surface area contributed by atoms with Crippen molar-refractivity contribution in [2.75, 3.05) is 33.3 Å². The SMILES string of the molecule is COc1ccc(CCC(=O)N2CCN(C(=O)c3cccn(Cc4cccc(C)c4)c3=O)CC2)cc1. The normalized spacial score (nSPS) is 13.5. The molecule has 1 fully saturated rings. The predicted molar refractivity (Wildman–Crippen MR) is 135 cm³/mol. The van der Waals surface area contributed by atoms with E-state index in [0.29, 0.717) is 45.6 Å². The highest BCUT2D eigenvalue weighted by Gasteiger charge is 2.26. The number of ether oxygens (including phenoxy) is 1. The standard InChI is InChI=1S/C28H31N3O4/c1-21-5-3-6-23(19-21)20-31-14-4-7-25(28(31)34)27(33)30-17-15-29(16-18-30)26(32)13-10-22-8-11-24(35-2)12-9-22/h3-9,11-12,14,19H,10,13,15-18,20H2,1-2H3. The van der Waals surface area contributed by atoms with E-state index >= 15 is 0 Å². The van der Waals surface area contributed by atoms with Crippen LogP contribution in [0.1, 0.15) is 33.5 Å². The van der Waals surface area contributed by atoms with Gasteiger partial charge in [0.2, 0.25) is 5.91 Å². The molecule has 1 aromatic heterocycles. The van der Waals surface area contributed by atoms with Crippen LogP contribution < -0.4 is 10.3 Å². The molecule has 0 spiro atoms. The van der Waals surface area contributed by atoms with Crippen LogP contribution in [0.3, 0.4) is 0 Å². The fourth-order valence-corrected chi connectivity index (χ4v) is 4.36. The van der Waals surface area contributed by atoms with Crippen LogP contribution in [-0.2, 0) is 17.8 Å². The first kappa shape index (κ1) is 24.3. The van der Waals surface area contributed by atoms with E-state index in [1.54, 1.807) is 39.8 Å². The zero-order valence-corrected chi connectivity index (χ0v) is 20.3. The molecule has 0 N–H and O–H groups in total. The minimum absolute atomic E-state index is 0.0770. The van der Waals surface area contributed by atoms with Crippen molar-refractivity contribution >= 4 is 11.8 Å². The maximum Gasteiger partial charge on any atom is 0.263 e. The quantitative estimate of drug-likeness (QED) is 0.529. The molecule has 182 valence electrons. The van der Waals surface area contributed by atoms with Crippen LogP contribution >= 0.6 is 0 Å². The first-order chi connectivity index (χ1) is 16.9. The zero-order chi connectivity index (χ0) is 24.8. The predicted octanol–water partition coefficient (Wildman–Crippen LogP) is 3.13. The van der Waals surface area contributed by atoms with Crippen molar-refractivity contribution in [2.24, 2.45) is 0 Å². The minimum atomic E-state index is -0.294. The van der Waals surface area contributed by atoms with Gasteiger partial charge >= 0.3 is 0 Å². The van der Waals surface area contributed by atoms with Gasteiger partial charge in [0, 0.05) is 38.8 Å². The number of pyridine rings is 1. The summed E-state index contributed by atoms with van der Waals surface area (Å²) < 4.78 is 6.74. The van der Waals surface area contributed by atoms with Crippen molar-refractivity contribution in [3.63, 3.8) is 0 Å². The number of hydrogen-bond acceptors (Lipinski definition) is 4. The molecule has 0 radical (unpaired) electrons. The smallest absolute Gasteiger partial charge is 0.263 e. The Hall–Kier alpha value is -3.87. The topological polar surface area (TPSA) is 71.8 Å². The highest BCUT2D eigenvalue weighted by atomic mass is 16.5. The number of benzene rings is 2. The average Bonchev–Trinajstić information content (AvgIpc) is 2.88. The molecule has 7 heteroatoms. The van der Waals surface area contributed by atoms with Crippen LogP contribution in [0.5, 0.6) is 5.75 Å². The van der Waals surface area contributed by atoms with E-state index in [2.05, 4.69) is 0 Å². The van der Waals surface area contributed by atoms with Crippen LogP contribution in [0.2, 0.25) is 0 Å². The Labute approximate surface area is 205 Å². The fourth-order valence-electron chi connectivity index (χ4n) is 4.36. The number of carbonyl (C=O) groups excluding carboxylic acids is 2. The summed E-state index contributed by atoms with van der Waals surface area (Å²) in [5, 5.41) is 0. The number of nitrogens with zero attached hydrogens (tertiary/aromatic N) is 3. The maximum absolute atomic E-state index is 13.1. The Morgan fingerprint density at radius 2 is 1.60 bits per heavy atom. The van der Waals surface area contributed by atoms with Crippen LogP contribution in [0, 0.1) is 6.92 Å². The number of amides is 2. The van der Waals surface area contributed by atoms with E-state index < -0.39 is 0 Å².